The third-order valence-electron chi connectivity index (χ3n) is 4.63. The van der Waals surface area contributed by atoms with Crippen LogP contribution in [0, 0.1) is 0 Å². The van der Waals surface area contributed by atoms with E-state index in [1.54, 1.807) is 30.3 Å². The maximum atomic E-state index is 12.9. The molecule has 0 aromatic carbocycles. The highest BCUT2D eigenvalue weighted by molar-refractivity contribution is 5.76. The van der Waals surface area contributed by atoms with E-state index in [2.05, 4.69) is 10.1 Å². The summed E-state index contributed by atoms with van der Waals surface area (Å²) in [4.78, 5) is 31.3. The van der Waals surface area contributed by atoms with Crippen LogP contribution in [0.5, 0.6) is 5.75 Å². The molecule has 0 aliphatic carbocycles. The molecule has 1 atom stereocenters. The number of ether oxygens (including phenoxy) is 2. The Hall–Kier alpha value is -2.68. The highest BCUT2D eigenvalue weighted by Gasteiger charge is 2.32. The van der Waals surface area contributed by atoms with Crippen molar-refractivity contribution < 1.29 is 18.8 Å². The molecule has 1 saturated heterocycles. The second-order valence-electron chi connectivity index (χ2n) is 6.40. The van der Waals surface area contributed by atoms with Gasteiger partial charge >= 0.3 is 0 Å². The molecule has 9 nitrogen and oxygen atoms in total. The van der Waals surface area contributed by atoms with Gasteiger partial charge in [-0.15, -0.1) is 0 Å². The second-order valence-corrected chi connectivity index (χ2v) is 6.40. The normalized spacial score (nSPS) is 17.1. The highest BCUT2D eigenvalue weighted by atomic mass is 16.5. The number of likely N-dealkylation sites (tertiary alicyclic amines) is 1. The number of carbonyl (C=O) groups excluding carboxylic acids is 1. The van der Waals surface area contributed by atoms with Crippen LogP contribution in [0.15, 0.2) is 27.6 Å². The third-order valence-corrected chi connectivity index (χ3v) is 4.63. The van der Waals surface area contributed by atoms with E-state index in [4.69, 9.17) is 14.0 Å². The molecule has 0 N–H and O–H groups in total. The van der Waals surface area contributed by atoms with Gasteiger partial charge in [-0.2, -0.15) is 4.98 Å². The summed E-state index contributed by atoms with van der Waals surface area (Å²) in [7, 11) is 3.04. The maximum absolute atomic E-state index is 12.9. The summed E-state index contributed by atoms with van der Waals surface area (Å²) >= 11 is 0. The lowest BCUT2D eigenvalue weighted by Crippen LogP contribution is -2.41. The summed E-state index contributed by atoms with van der Waals surface area (Å²) in [5.41, 5.74) is -0.332. The van der Waals surface area contributed by atoms with Gasteiger partial charge in [0.2, 0.25) is 11.8 Å². The Morgan fingerprint density at radius 3 is 3.00 bits per heavy atom. The zero-order valence-corrected chi connectivity index (χ0v) is 15.6. The topological polar surface area (TPSA) is 99.7 Å². The summed E-state index contributed by atoms with van der Waals surface area (Å²) in [5.74, 6) is 1.05. The molecule has 2 aromatic heterocycles. The molecular weight excluding hydrogens is 352 g/mol. The van der Waals surface area contributed by atoms with Crippen molar-refractivity contribution in [3.63, 3.8) is 0 Å². The Labute approximate surface area is 156 Å². The number of hydrogen-bond donors (Lipinski definition) is 0. The predicted octanol–water partition coefficient (Wildman–Crippen LogP) is 1.18. The van der Waals surface area contributed by atoms with Crippen LogP contribution in [-0.4, -0.2) is 52.9 Å². The van der Waals surface area contributed by atoms with Crippen molar-refractivity contribution >= 4 is 5.91 Å². The van der Waals surface area contributed by atoms with E-state index in [9.17, 15) is 9.59 Å². The first-order valence-corrected chi connectivity index (χ1v) is 8.98. The van der Waals surface area contributed by atoms with Crippen molar-refractivity contribution in [2.75, 3.05) is 27.4 Å². The molecule has 0 spiro atoms. The number of amides is 1. The molecule has 9 heteroatoms. The van der Waals surface area contributed by atoms with E-state index in [0.29, 0.717) is 31.3 Å². The van der Waals surface area contributed by atoms with Crippen molar-refractivity contribution in [1.82, 2.24) is 19.6 Å². The number of rotatable bonds is 7. The molecule has 1 amide bonds. The summed E-state index contributed by atoms with van der Waals surface area (Å²) in [6.45, 7) is 1.04. The van der Waals surface area contributed by atoms with Crippen LogP contribution in [0.2, 0.25) is 0 Å². The SMILES string of the molecule is COCCc1noc([C@@H]2CCCCN2C(=O)Cn2cccc(OC)c2=O)n1. The summed E-state index contributed by atoms with van der Waals surface area (Å²) in [6.07, 6.45) is 4.77. The minimum absolute atomic E-state index is 0.0583. The Bertz CT molecular complexity index is 831. The number of methoxy groups -OCH3 is 2. The zero-order chi connectivity index (χ0) is 19.2. The molecule has 0 saturated carbocycles. The zero-order valence-electron chi connectivity index (χ0n) is 15.6. The molecule has 0 unspecified atom stereocenters. The Balaban J connectivity index is 1.76. The second kappa shape index (κ2) is 8.81. The lowest BCUT2D eigenvalue weighted by atomic mass is 10.0. The smallest absolute Gasteiger partial charge is 0.293 e. The van der Waals surface area contributed by atoms with E-state index < -0.39 is 0 Å². The lowest BCUT2D eigenvalue weighted by Gasteiger charge is -2.33. The van der Waals surface area contributed by atoms with E-state index in [1.807, 2.05) is 0 Å². The molecule has 1 aliphatic rings. The van der Waals surface area contributed by atoms with Gasteiger partial charge in [0.05, 0.1) is 13.7 Å². The number of aromatic nitrogens is 3. The maximum Gasteiger partial charge on any atom is 0.293 e. The predicted molar refractivity (Wildman–Crippen MR) is 95.4 cm³/mol. The molecule has 3 heterocycles. The van der Waals surface area contributed by atoms with Gasteiger partial charge in [0.1, 0.15) is 12.6 Å². The van der Waals surface area contributed by atoms with Crippen LogP contribution < -0.4 is 10.3 Å². The first-order chi connectivity index (χ1) is 13.1. The molecule has 27 heavy (non-hydrogen) atoms. The third kappa shape index (κ3) is 4.36. The Morgan fingerprint density at radius 2 is 2.22 bits per heavy atom. The van der Waals surface area contributed by atoms with Crippen LogP contribution in [-0.2, 0) is 22.5 Å². The number of hydrogen-bond acceptors (Lipinski definition) is 7. The average molecular weight is 376 g/mol. The fourth-order valence-corrected chi connectivity index (χ4v) is 3.22. The molecule has 3 rings (SSSR count). The largest absolute Gasteiger partial charge is 0.491 e. The van der Waals surface area contributed by atoms with Crippen LogP contribution in [0.4, 0.5) is 0 Å². The monoisotopic (exact) mass is 376 g/mol. The van der Waals surface area contributed by atoms with Crippen molar-refractivity contribution in [1.29, 1.82) is 0 Å². The average Bonchev–Trinajstić information content (AvgIpc) is 3.16. The standard InChI is InChI=1S/C18H24N4O5/c1-25-11-8-15-19-17(27-20-15)13-6-3-4-10-22(13)16(23)12-21-9-5-7-14(26-2)18(21)24/h5,7,9,13H,3-4,6,8,10-12H2,1-2H3/t13-/m0/s1. The van der Waals surface area contributed by atoms with E-state index in [-0.39, 0.29) is 29.8 Å². The fourth-order valence-electron chi connectivity index (χ4n) is 3.22. The minimum atomic E-state index is -0.332. The molecule has 0 radical (unpaired) electrons. The highest BCUT2D eigenvalue weighted by Crippen LogP contribution is 2.30. The van der Waals surface area contributed by atoms with E-state index in [0.717, 1.165) is 19.3 Å². The molecule has 1 fully saturated rings. The molecule has 146 valence electrons. The van der Waals surface area contributed by atoms with Gasteiger partial charge in [-0.05, 0) is 31.4 Å². The van der Waals surface area contributed by atoms with Gasteiger partial charge in [0.25, 0.3) is 5.56 Å². The quantitative estimate of drug-likeness (QED) is 0.715. The number of piperidine rings is 1. The summed E-state index contributed by atoms with van der Waals surface area (Å²) in [6, 6.07) is 2.99. The first-order valence-electron chi connectivity index (χ1n) is 8.98. The van der Waals surface area contributed by atoms with Gasteiger partial charge in [-0.3, -0.25) is 9.59 Å². The van der Waals surface area contributed by atoms with Crippen LogP contribution >= 0.6 is 0 Å². The van der Waals surface area contributed by atoms with E-state index >= 15 is 0 Å². The summed E-state index contributed by atoms with van der Waals surface area (Å²) < 4.78 is 16.8. The van der Waals surface area contributed by atoms with E-state index in [1.165, 1.54) is 11.7 Å². The lowest BCUT2D eigenvalue weighted by molar-refractivity contribution is -0.136. The van der Waals surface area contributed by atoms with Gasteiger partial charge in [0.15, 0.2) is 11.6 Å². The fraction of sp³-hybridized carbons (Fsp3) is 0.556. The van der Waals surface area contributed by atoms with Gasteiger partial charge in [0, 0.05) is 26.3 Å². The summed E-state index contributed by atoms with van der Waals surface area (Å²) in [5, 5.41) is 3.97. The molecule has 0 bridgehead atoms. The number of carbonyl (C=O) groups is 1. The minimum Gasteiger partial charge on any atom is -0.491 e. The van der Waals surface area contributed by atoms with Crippen LogP contribution in [0.25, 0.3) is 0 Å². The van der Waals surface area contributed by atoms with Crippen molar-refractivity contribution in [3.05, 3.63) is 40.4 Å². The van der Waals surface area contributed by atoms with Crippen molar-refractivity contribution in [3.8, 4) is 5.75 Å². The Kier molecular flexibility index (Phi) is 6.23. The van der Waals surface area contributed by atoms with Crippen LogP contribution in [0.1, 0.15) is 37.0 Å². The first kappa shape index (κ1) is 19.1. The van der Waals surface area contributed by atoms with Gasteiger partial charge < -0.3 is 23.5 Å². The Morgan fingerprint density at radius 1 is 1.37 bits per heavy atom. The van der Waals surface area contributed by atoms with Crippen molar-refractivity contribution in [2.45, 2.75) is 38.3 Å². The van der Waals surface area contributed by atoms with Crippen molar-refractivity contribution in [2.24, 2.45) is 0 Å². The molecule has 2 aromatic rings. The van der Waals surface area contributed by atoms with Crippen LogP contribution in [0.3, 0.4) is 0 Å². The molecular formula is C18H24N4O5. The van der Waals surface area contributed by atoms with Gasteiger partial charge in [-0.25, -0.2) is 0 Å². The van der Waals surface area contributed by atoms with Gasteiger partial charge in [-0.1, -0.05) is 5.16 Å². The number of pyridine rings is 1. The number of nitrogens with zero attached hydrogens (tertiary/aromatic N) is 4. The molecule has 1 aliphatic heterocycles.